The molecule has 0 radical (unpaired) electrons. The lowest BCUT2D eigenvalue weighted by Crippen LogP contribution is -1.99. The summed E-state index contributed by atoms with van der Waals surface area (Å²) in [5, 5.41) is 3.55. The number of aryl methyl sites for hydroxylation is 2. The van der Waals surface area contributed by atoms with Gasteiger partial charge in [0.2, 0.25) is 0 Å². The second-order valence-electron chi connectivity index (χ2n) is 6.03. The second kappa shape index (κ2) is 5.85. The highest BCUT2D eigenvalue weighted by molar-refractivity contribution is 5.80. The van der Waals surface area contributed by atoms with Gasteiger partial charge in [-0.15, -0.1) is 0 Å². The van der Waals surface area contributed by atoms with E-state index >= 15 is 0 Å². The zero-order valence-corrected chi connectivity index (χ0v) is 13.8. The summed E-state index contributed by atoms with van der Waals surface area (Å²) in [7, 11) is 0. The highest BCUT2D eigenvalue weighted by Crippen LogP contribution is 2.32. The van der Waals surface area contributed by atoms with Gasteiger partial charge in [0.05, 0.1) is 0 Å². The monoisotopic (exact) mass is 313 g/mol. The lowest BCUT2D eigenvalue weighted by Gasteiger charge is -2.10. The third-order valence-corrected chi connectivity index (χ3v) is 4.20. The lowest BCUT2D eigenvalue weighted by atomic mass is 10.1. The number of hydrogen-bond acceptors (Lipinski definition) is 2. The van der Waals surface area contributed by atoms with Crippen LogP contribution < -0.4 is 5.32 Å². The van der Waals surface area contributed by atoms with Crippen molar-refractivity contribution in [2.24, 2.45) is 0 Å². The Hall–Kier alpha value is -3.07. The number of anilines is 2. The Labute approximate surface area is 141 Å². The third kappa shape index (κ3) is 2.54. The number of hydrogen-bond donors (Lipinski definition) is 1. The van der Waals surface area contributed by atoms with Gasteiger partial charge >= 0.3 is 0 Å². The van der Waals surface area contributed by atoms with Crippen LogP contribution in [-0.2, 0) is 0 Å². The first kappa shape index (κ1) is 14.5. The van der Waals surface area contributed by atoms with Crippen LogP contribution in [0, 0.1) is 13.8 Å². The van der Waals surface area contributed by atoms with Crippen LogP contribution in [0.3, 0.4) is 0 Å². The molecule has 2 aromatic carbocycles. The van der Waals surface area contributed by atoms with E-state index in [1.54, 1.807) is 0 Å². The molecule has 0 amide bonds. The maximum atomic E-state index is 4.87. The molecule has 0 unspecified atom stereocenters. The van der Waals surface area contributed by atoms with Gasteiger partial charge < -0.3 is 5.32 Å². The standard InChI is InChI=1S/C21H19N3/c1-15-11-13-17(14-12-15)20-21(22-18-8-4-3-5-9-18)24-16(2)7-6-10-19(24)23-20/h3-14,22H,1-2H3. The van der Waals surface area contributed by atoms with Crippen molar-refractivity contribution < 1.29 is 0 Å². The summed E-state index contributed by atoms with van der Waals surface area (Å²) in [5.41, 5.74) is 6.48. The lowest BCUT2D eigenvalue weighted by molar-refractivity contribution is 1.10. The first-order valence-electron chi connectivity index (χ1n) is 8.09. The van der Waals surface area contributed by atoms with Gasteiger partial charge in [-0.05, 0) is 38.1 Å². The molecule has 0 saturated heterocycles. The predicted octanol–water partition coefficient (Wildman–Crippen LogP) is 5.36. The van der Waals surface area contributed by atoms with Crippen LogP contribution in [0.15, 0.2) is 72.8 Å². The van der Waals surface area contributed by atoms with Gasteiger partial charge in [0, 0.05) is 16.9 Å². The van der Waals surface area contributed by atoms with Crippen LogP contribution in [0.25, 0.3) is 16.9 Å². The maximum absolute atomic E-state index is 4.87. The second-order valence-corrected chi connectivity index (χ2v) is 6.03. The Balaban J connectivity index is 1.94. The summed E-state index contributed by atoms with van der Waals surface area (Å²) in [6.07, 6.45) is 0. The van der Waals surface area contributed by atoms with E-state index in [-0.39, 0.29) is 0 Å². The summed E-state index contributed by atoms with van der Waals surface area (Å²) in [6.45, 7) is 4.20. The van der Waals surface area contributed by atoms with Crippen molar-refractivity contribution in [2.75, 3.05) is 5.32 Å². The van der Waals surface area contributed by atoms with Crippen molar-refractivity contribution in [1.82, 2.24) is 9.38 Å². The highest BCUT2D eigenvalue weighted by atomic mass is 15.1. The number of rotatable bonds is 3. The molecule has 3 heteroatoms. The fraction of sp³-hybridized carbons (Fsp3) is 0.0952. The largest absolute Gasteiger partial charge is 0.339 e. The quantitative estimate of drug-likeness (QED) is 0.551. The average molecular weight is 313 g/mol. The molecule has 0 saturated carbocycles. The predicted molar refractivity (Wildman–Crippen MR) is 99.8 cm³/mol. The van der Waals surface area contributed by atoms with Gasteiger partial charge in [-0.2, -0.15) is 0 Å². The van der Waals surface area contributed by atoms with Gasteiger partial charge in [0.1, 0.15) is 17.2 Å². The molecule has 24 heavy (non-hydrogen) atoms. The zero-order chi connectivity index (χ0) is 16.5. The number of pyridine rings is 1. The molecule has 0 aliphatic rings. The van der Waals surface area contributed by atoms with Gasteiger partial charge in [-0.1, -0.05) is 54.1 Å². The molecule has 118 valence electrons. The smallest absolute Gasteiger partial charge is 0.143 e. The topological polar surface area (TPSA) is 29.3 Å². The summed E-state index contributed by atoms with van der Waals surface area (Å²) in [4.78, 5) is 4.87. The Morgan fingerprint density at radius 1 is 0.792 bits per heavy atom. The summed E-state index contributed by atoms with van der Waals surface area (Å²) >= 11 is 0. The fourth-order valence-electron chi connectivity index (χ4n) is 2.94. The van der Waals surface area contributed by atoms with E-state index in [1.807, 2.05) is 30.3 Å². The molecule has 0 bridgehead atoms. The number of nitrogens with zero attached hydrogens (tertiary/aromatic N) is 2. The molecular formula is C21H19N3. The third-order valence-electron chi connectivity index (χ3n) is 4.20. The first-order valence-corrected chi connectivity index (χ1v) is 8.09. The Morgan fingerprint density at radius 3 is 2.29 bits per heavy atom. The van der Waals surface area contributed by atoms with Crippen molar-refractivity contribution >= 4 is 17.2 Å². The average Bonchev–Trinajstić information content (AvgIpc) is 2.96. The van der Waals surface area contributed by atoms with Crippen LogP contribution in [0.5, 0.6) is 0 Å². The van der Waals surface area contributed by atoms with Crippen LogP contribution >= 0.6 is 0 Å². The molecule has 4 rings (SSSR count). The minimum absolute atomic E-state index is 0.948. The van der Waals surface area contributed by atoms with Crippen molar-refractivity contribution in [2.45, 2.75) is 13.8 Å². The molecule has 0 fully saturated rings. The molecule has 4 aromatic rings. The van der Waals surface area contributed by atoms with E-state index in [9.17, 15) is 0 Å². The van der Waals surface area contributed by atoms with Crippen LogP contribution in [-0.4, -0.2) is 9.38 Å². The number of imidazole rings is 1. The number of benzene rings is 2. The first-order chi connectivity index (χ1) is 11.7. The molecule has 0 atom stereocenters. The molecule has 0 aliphatic heterocycles. The zero-order valence-electron chi connectivity index (χ0n) is 13.8. The van der Waals surface area contributed by atoms with Crippen LogP contribution in [0.1, 0.15) is 11.3 Å². The van der Waals surface area contributed by atoms with Crippen molar-refractivity contribution in [3.63, 3.8) is 0 Å². The minimum Gasteiger partial charge on any atom is -0.339 e. The van der Waals surface area contributed by atoms with Gasteiger partial charge in [-0.25, -0.2) is 4.98 Å². The maximum Gasteiger partial charge on any atom is 0.143 e. The molecule has 2 aromatic heterocycles. The highest BCUT2D eigenvalue weighted by Gasteiger charge is 2.15. The summed E-state index contributed by atoms with van der Waals surface area (Å²) in [5.74, 6) is 0.998. The van der Waals surface area contributed by atoms with Gasteiger partial charge in [0.25, 0.3) is 0 Å². The number of fused-ring (bicyclic) bond motifs is 1. The van der Waals surface area contributed by atoms with Crippen LogP contribution in [0.2, 0.25) is 0 Å². The molecule has 3 nitrogen and oxygen atoms in total. The number of para-hydroxylation sites is 1. The van der Waals surface area contributed by atoms with Crippen molar-refractivity contribution in [3.8, 4) is 11.3 Å². The van der Waals surface area contributed by atoms with Crippen LogP contribution in [0.4, 0.5) is 11.5 Å². The van der Waals surface area contributed by atoms with Crippen molar-refractivity contribution in [3.05, 3.63) is 84.1 Å². The fourth-order valence-corrected chi connectivity index (χ4v) is 2.94. The Kier molecular flexibility index (Phi) is 3.54. The van der Waals surface area contributed by atoms with E-state index in [0.29, 0.717) is 0 Å². The minimum atomic E-state index is 0.948. The molecule has 2 heterocycles. The molecule has 1 N–H and O–H groups in total. The van der Waals surface area contributed by atoms with E-state index < -0.39 is 0 Å². The number of nitrogens with one attached hydrogen (secondary N) is 1. The van der Waals surface area contributed by atoms with Crippen molar-refractivity contribution in [1.29, 1.82) is 0 Å². The van der Waals surface area contributed by atoms with E-state index in [0.717, 1.165) is 34.1 Å². The van der Waals surface area contributed by atoms with Gasteiger partial charge in [-0.3, -0.25) is 4.40 Å². The Bertz CT molecular complexity index is 983. The van der Waals surface area contributed by atoms with E-state index in [4.69, 9.17) is 4.98 Å². The molecular weight excluding hydrogens is 294 g/mol. The number of aromatic nitrogens is 2. The summed E-state index contributed by atoms with van der Waals surface area (Å²) in [6, 6.07) is 24.9. The SMILES string of the molecule is Cc1ccc(-c2nc3cccc(C)n3c2Nc2ccccc2)cc1. The Morgan fingerprint density at radius 2 is 1.54 bits per heavy atom. The molecule has 0 aliphatic carbocycles. The summed E-state index contributed by atoms with van der Waals surface area (Å²) < 4.78 is 2.17. The van der Waals surface area contributed by atoms with E-state index in [1.165, 1.54) is 5.56 Å². The normalized spacial score (nSPS) is 10.9. The van der Waals surface area contributed by atoms with E-state index in [2.05, 4.69) is 66.0 Å². The molecule has 0 spiro atoms. The van der Waals surface area contributed by atoms with Gasteiger partial charge in [0.15, 0.2) is 0 Å².